The van der Waals surface area contributed by atoms with Crippen molar-refractivity contribution in [1.82, 2.24) is 5.32 Å². The highest BCUT2D eigenvalue weighted by atomic mass is 79.9. The molecule has 1 unspecified atom stereocenters. The van der Waals surface area contributed by atoms with Crippen molar-refractivity contribution in [2.45, 2.75) is 30.7 Å². The lowest BCUT2D eigenvalue weighted by Gasteiger charge is -2.40. The Bertz CT molecular complexity index is 721. The zero-order chi connectivity index (χ0) is 16.8. The van der Waals surface area contributed by atoms with Gasteiger partial charge in [0.2, 0.25) is 5.54 Å². The van der Waals surface area contributed by atoms with E-state index in [1.54, 1.807) is 0 Å². The van der Waals surface area contributed by atoms with Gasteiger partial charge in [-0.25, -0.2) is 4.39 Å². The molecule has 1 aromatic rings. The molecule has 1 aromatic carbocycles. The molecule has 0 spiro atoms. The molecule has 1 heterocycles. The fourth-order valence-corrected chi connectivity index (χ4v) is 2.75. The molecule has 122 valence electrons. The van der Waals surface area contributed by atoms with Gasteiger partial charge in [0.15, 0.2) is 6.29 Å². The molecule has 0 radical (unpaired) electrons. The van der Waals surface area contributed by atoms with E-state index in [0.29, 0.717) is 6.29 Å². The molecule has 0 amide bonds. The van der Waals surface area contributed by atoms with Crippen LogP contribution in [0.1, 0.15) is 18.4 Å². The van der Waals surface area contributed by atoms with Crippen molar-refractivity contribution in [3.8, 4) is 11.8 Å². The van der Waals surface area contributed by atoms with E-state index in [2.05, 4.69) is 38.4 Å². The third-order valence-corrected chi connectivity index (χ3v) is 4.36. The van der Waals surface area contributed by atoms with Crippen LogP contribution in [0, 0.1) is 23.6 Å². The molecule has 1 aliphatic heterocycles. The van der Waals surface area contributed by atoms with Gasteiger partial charge in [-0.05, 0) is 40.9 Å². The maximum absolute atomic E-state index is 13.8. The zero-order valence-electron chi connectivity index (χ0n) is 11.6. The van der Waals surface area contributed by atoms with Crippen molar-refractivity contribution in [2.24, 2.45) is 5.92 Å². The van der Waals surface area contributed by atoms with Crippen LogP contribution in [0.25, 0.3) is 0 Å². The van der Waals surface area contributed by atoms with Crippen LogP contribution in [0.5, 0.6) is 0 Å². The Morgan fingerprint density at radius 1 is 1.35 bits per heavy atom. The van der Waals surface area contributed by atoms with Gasteiger partial charge in [0, 0.05) is 17.2 Å². The zero-order valence-corrected chi connectivity index (χ0v) is 13.2. The third-order valence-electron chi connectivity index (χ3n) is 3.75. The quantitative estimate of drug-likeness (QED) is 0.439. The van der Waals surface area contributed by atoms with Gasteiger partial charge in [-0.2, -0.15) is 13.2 Å². The summed E-state index contributed by atoms with van der Waals surface area (Å²) in [4.78, 5) is 11.1. The Hall–Kier alpha value is -1.59. The molecule has 0 bridgehead atoms. The van der Waals surface area contributed by atoms with E-state index in [9.17, 15) is 22.4 Å². The van der Waals surface area contributed by atoms with Crippen molar-refractivity contribution >= 4 is 27.9 Å². The molecule has 3 rings (SSSR count). The Morgan fingerprint density at radius 2 is 2.04 bits per heavy atom. The van der Waals surface area contributed by atoms with Crippen LogP contribution in [0.4, 0.5) is 23.2 Å². The predicted octanol–water partition coefficient (Wildman–Crippen LogP) is 3.30. The molecule has 1 fully saturated rings. The molecule has 3 nitrogen and oxygen atoms in total. The first-order valence-corrected chi connectivity index (χ1v) is 7.64. The number of aldehydes is 1. The topological polar surface area (TPSA) is 41.1 Å². The number of nitrogens with one attached hydrogen (secondary N) is 2. The second kappa shape index (κ2) is 5.49. The van der Waals surface area contributed by atoms with Gasteiger partial charge in [-0.1, -0.05) is 11.8 Å². The third kappa shape index (κ3) is 2.83. The van der Waals surface area contributed by atoms with E-state index >= 15 is 0 Å². The van der Waals surface area contributed by atoms with Crippen molar-refractivity contribution in [3.63, 3.8) is 0 Å². The Kier molecular flexibility index (Phi) is 3.89. The van der Waals surface area contributed by atoms with Gasteiger partial charge in [0.1, 0.15) is 12.0 Å². The van der Waals surface area contributed by atoms with E-state index in [0.717, 1.165) is 18.9 Å². The van der Waals surface area contributed by atoms with Crippen molar-refractivity contribution < 1.29 is 22.4 Å². The van der Waals surface area contributed by atoms with Crippen LogP contribution in [-0.2, 0) is 10.3 Å². The highest BCUT2D eigenvalue weighted by Gasteiger charge is 2.59. The first kappa shape index (κ1) is 16.3. The van der Waals surface area contributed by atoms with Crippen molar-refractivity contribution in [1.29, 1.82) is 0 Å². The SMILES string of the molecule is O=CC1Nc2cc(Br)c(F)cc2[C@](C#CC2CC2)(C(F)(F)F)N1. The highest BCUT2D eigenvalue weighted by molar-refractivity contribution is 9.10. The van der Waals surface area contributed by atoms with E-state index in [1.807, 2.05) is 0 Å². The number of fused-ring (bicyclic) bond motifs is 1. The summed E-state index contributed by atoms with van der Waals surface area (Å²) in [6.45, 7) is 0. The lowest BCUT2D eigenvalue weighted by Crippen LogP contribution is -2.62. The van der Waals surface area contributed by atoms with Crippen molar-refractivity contribution in [2.75, 3.05) is 5.32 Å². The molecular weight excluding hydrogens is 380 g/mol. The number of hydrogen-bond donors (Lipinski definition) is 2. The summed E-state index contributed by atoms with van der Waals surface area (Å²) < 4.78 is 55.4. The average Bonchev–Trinajstić information content (AvgIpc) is 3.29. The van der Waals surface area contributed by atoms with E-state index < -0.39 is 23.7 Å². The summed E-state index contributed by atoms with van der Waals surface area (Å²) in [5.41, 5.74) is -3.16. The molecule has 1 saturated carbocycles. The molecule has 0 aromatic heterocycles. The van der Waals surface area contributed by atoms with Crippen LogP contribution < -0.4 is 10.6 Å². The maximum Gasteiger partial charge on any atom is 0.422 e. The van der Waals surface area contributed by atoms with Crippen LogP contribution in [0.2, 0.25) is 0 Å². The molecule has 23 heavy (non-hydrogen) atoms. The number of anilines is 1. The molecule has 8 heteroatoms. The van der Waals surface area contributed by atoms with Crippen LogP contribution in [-0.4, -0.2) is 18.6 Å². The van der Waals surface area contributed by atoms with Gasteiger partial charge in [-0.15, -0.1) is 0 Å². The van der Waals surface area contributed by atoms with Crippen LogP contribution in [0.3, 0.4) is 0 Å². The number of rotatable bonds is 1. The first-order chi connectivity index (χ1) is 10.8. The number of carbonyl (C=O) groups excluding carboxylic acids is 1. The Balaban J connectivity index is 2.23. The van der Waals surface area contributed by atoms with Crippen LogP contribution >= 0.6 is 15.9 Å². The van der Waals surface area contributed by atoms with E-state index in [-0.39, 0.29) is 21.6 Å². The second-order valence-electron chi connectivity index (χ2n) is 5.51. The van der Waals surface area contributed by atoms with Gasteiger partial charge in [0.05, 0.1) is 4.47 Å². The number of hydrogen-bond acceptors (Lipinski definition) is 3. The standard InChI is InChI=1S/C15H11BrF4N2O/c16-10-6-12-9(5-11(10)17)14(15(18,19)20,4-3-8-1-2-8)22-13(7-23)21-12/h5-8,13,21-22H,1-2H2/t13?,14-/m1/s1. The second-order valence-corrected chi connectivity index (χ2v) is 6.36. The molecule has 2 N–H and O–H groups in total. The average molecular weight is 391 g/mol. The predicted molar refractivity (Wildman–Crippen MR) is 78.9 cm³/mol. The highest BCUT2D eigenvalue weighted by Crippen LogP contribution is 2.45. The summed E-state index contributed by atoms with van der Waals surface area (Å²) in [6.07, 6.45) is -4.29. The fourth-order valence-electron chi connectivity index (χ4n) is 2.41. The molecular formula is C15H11BrF4N2O. The van der Waals surface area contributed by atoms with Gasteiger partial charge in [0.25, 0.3) is 0 Å². The Morgan fingerprint density at radius 3 is 2.61 bits per heavy atom. The smallest absolute Gasteiger partial charge is 0.363 e. The summed E-state index contributed by atoms with van der Waals surface area (Å²) in [7, 11) is 0. The molecule has 1 aliphatic carbocycles. The summed E-state index contributed by atoms with van der Waals surface area (Å²) in [5.74, 6) is 3.91. The van der Waals surface area contributed by atoms with Gasteiger partial charge in [-0.3, -0.25) is 10.1 Å². The Labute approximate surface area is 137 Å². The van der Waals surface area contributed by atoms with E-state index in [4.69, 9.17) is 0 Å². The van der Waals surface area contributed by atoms with E-state index in [1.165, 1.54) is 6.07 Å². The normalized spacial score (nSPS) is 26.6. The lowest BCUT2D eigenvalue weighted by molar-refractivity contribution is -0.184. The minimum absolute atomic E-state index is 0.00141. The summed E-state index contributed by atoms with van der Waals surface area (Å²) in [5, 5.41) is 4.78. The summed E-state index contributed by atoms with van der Waals surface area (Å²) in [6, 6.07) is 1.97. The number of alkyl halides is 3. The number of carbonyl (C=O) groups is 1. The fraction of sp³-hybridized carbons (Fsp3) is 0.400. The van der Waals surface area contributed by atoms with Crippen LogP contribution in [0.15, 0.2) is 16.6 Å². The number of benzene rings is 1. The molecule has 2 atom stereocenters. The number of halogens is 5. The molecule has 2 aliphatic rings. The maximum atomic E-state index is 13.8. The minimum Gasteiger partial charge on any atom is -0.363 e. The molecule has 0 saturated heterocycles. The minimum atomic E-state index is -4.83. The van der Waals surface area contributed by atoms with Crippen molar-refractivity contribution in [3.05, 3.63) is 28.0 Å². The summed E-state index contributed by atoms with van der Waals surface area (Å²) >= 11 is 2.94. The van der Waals surface area contributed by atoms with Gasteiger partial charge >= 0.3 is 6.18 Å². The lowest BCUT2D eigenvalue weighted by atomic mass is 9.85. The largest absolute Gasteiger partial charge is 0.422 e. The first-order valence-electron chi connectivity index (χ1n) is 6.85. The van der Waals surface area contributed by atoms with Gasteiger partial charge < -0.3 is 5.32 Å². The monoisotopic (exact) mass is 390 g/mol.